The van der Waals surface area contributed by atoms with Crippen molar-refractivity contribution >= 4 is 33.4 Å². The Bertz CT molecular complexity index is 7180. The molecule has 0 fully saturated rings. The summed E-state index contributed by atoms with van der Waals surface area (Å²) < 4.78 is 111. The first-order valence-electron chi connectivity index (χ1n) is 37.6. The Labute approximate surface area is 732 Å². The minimum atomic E-state index is -4.69. The van der Waals surface area contributed by atoms with Crippen LogP contribution in [0.25, 0.3) is 137 Å². The number of benzene rings is 12. The van der Waals surface area contributed by atoms with Crippen LogP contribution in [0.5, 0.6) is 46.0 Å². The molecule has 16 aromatic rings. The summed E-state index contributed by atoms with van der Waals surface area (Å²) in [5.41, 5.74) is 3.48. The number of aromatic hydroxyl groups is 8. The van der Waals surface area contributed by atoms with Gasteiger partial charge in [-0.3, -0.25) is 0 Å². The molecule has 0 bridgehead atoms. The summed E-state index contributed by atoms with van der Waals surface area (Å²) in [4.78, 5) is 76.1. The van der Waals surface area contributed by atoms with Crippen LogP contribution in [-0.2, 0) is 31.7 Å². The number of aromatic nitrogens is 12. The van der Waals surface area contributed by atoms with Crippen molar-refractivity contribution in [3.8, 4) is 195 Å². The highest BCUT2D eigenvalue weighted by Gasteiger charge is 2.33. The number of methoxy groups -OCH3 is 2. The minimum absolute atomic E-state index is 0.00415. The van der Waals surface area contributed by atoms with Gasteiger partial charge in [0.2, 0.25) is 0 Å². The number of phenolic OH excluding ortho intramolecular Hbond substituents is 8. The zero-order valence-corrected chi connectivity index (χ0v) is 68.3. The zero-order chi connectivity index (χ0) is 92.2. The first-order valence-corrected chi connectivity index (χ1v) is 39.8. The molecule has 0 saturated carbocycles. The quantitative estimate of drug-likeness (QED) is 0.0349. The van der Waals surface area contributed by atoms with E-state index in [4.69, 9.17) is 31.6 Å². The lowest BCUT2D eigenvalue weighted by atomic mass is 10.1. The lowest BCUT2D eigenvalue weighted by Crippen LogP contribution is -2.06. The van der Waals surface area contributed by atoms with Crippen LogP contribution >= 0.6 is 11.6 Å². The summed E-state index contributed by atoms with van der Waals surface area (Å²) in [6.07, 6.45) is -8.21. The third-order valence-electron chi connectivity index (χ3n) is 18.8. The van der Waals surface area contributed by atoms with Crippen LogP contribution < -0.4 is 0 Å². The average Bonchev–Trinajstić information content (AvgIpc) is 0.805. The fraction of sp³-hybridized carbons (Fsp3) is 0.0538. The van der Waals surface area contributed by atoms with Crippen molar-refractivity contribution in [2.45, 2.75) is 17.2 Å². The lowest BCUT2D eigenvalue weighted by molar-refractivity contribution is -0.138. The molecule has 0 aliphatic rings. The van der Waals surface area contributed by atoms with E-state index in [1.807, 2.05) is 6.07 Å². The van der Waals surface area contributed by atoms with E-state index in [1.165, 1.54) is 68.8 Å². The van der Waals surface area contributed by atoms with Gasteiger partial charge in [0.1, 0.15) is 46.0 Å². The first kappa shape index (κ1) is 89.6. The van der Waals surface area contributed by atoms with E-state index in [9.17, 15) is 85.2 Å². The number of phenols is 8. The Morgan fingerprint density at radius 1 is 0.310 bits per heavy atom. The van der Waals surface area contributed by atoms with E-state index in [2.05, 4.69) is 65.9 Å². The molecule has 4 aromatic heterocycles. The number of carbonyl (C=O) groups is 2. The largest absolute Gasteiger partial charge is 0.507 e. The summed E-state index contributed by atoms with van der Waals surface area (Å²) in [5, 5.41) is 101. The van der Waals surface area contributed by atoms with Gasteiger partial charge in [0.25, 0.3) is 0 Å². The maximum atomic E-state index is 13.0. The Hall–Kier alpha value is -17.2. The number of nitrogens with zero attached hydrogens (tertiary/aromatic N) is 14. The third-order valence-corrected chi connectivity index (χ3v) is 20.1. The van der Waals surface area contributed by atoms with Crippen LogP contribution in [0.4, 0.5) is 26.3 Å². The summed E-state index contributed by atoms with van der Waals surface area (Å²) in [5.74, 6) is -1.11. The molecule has 0 amide bonds. The normalized spacial score (nSPS) is 11.1. The molecule has 0 radical (unpaired) electrons. The standard InChI is InChI=1S/C24H19N3O6S.C23H16ClN3O4.C23H13F6N3O2.C23H13N5O2/c1-33-24(30)15-9-7-14(8-10-15)21-25-22(17-5-3-4-6-19(17)28)27-23(26-21)18-12-11-16(13-20(18)29)34(2,31)32;1-31-23(30)14-8-6-13(7-9-14)20-25-21(16-4-2-3-5-18(16)28)27-22(26-20)17-11-10-15(24)12-19(17)29;24-22(25,26)13-7-5-12(6-8-13)19-30-20(15-3-1-2-4-17(15)33)32-21(31-19)16-10-9-14(11-18(16)34)23(27,28)29;24-12-14-5-8-16(9-6-14)21-26-22(17-3-1-2-4-19(17)29)28-23(27-21)18-10-7-15(13-25)11-20(18)30/h3-13,28-29H,1-2H3;2-12,28-29H,1H3;1-11,33-34H;1-11,29-30H. The SMILES string of the molecule is COC(=O)c1ccc(-c2nc(-c3ccccc3O)nc(-c3ccc(Cl)cc3O)n2)cc1.COC(=O)c1ccc(-c2nc(-c3ccccc3O)nc(-c3ccc(S(C)(=O)=O)cc3O)n2)cc1.N#Cc1ccc(-c2nc(-c3ccccc3O)nc(-c3ccc(C#N)cc3O)n2)cc1.Oc1ccccc1-c1nc(-c2ccc(C(F)(F)F)cc2)nc(-c2ccc(C(F)(F)F)cc2O)n1. The Morgan fingerprint density at radius 3 is 0.853 bits per heavy atom. The molecule has 0 spiro atoms. The number of alkyl halides is 6. The molecule has 0 unspecified atom stereocenters. The van der Waals surface area contributed by atoms with Crippen LogP contribution in [0.1, 0.15) is 43.0 Å². The number of esters is 2. The molecule has 129 heavy (non-hydrogen) atoms. The van der Waals surface area contributed by atoms with E-state index >= 15 is 0 Å². The molecule has 4 heterocycles. The van der Waals surface area contributed by atoms with Crippen molar-refractivity contribution in [1.82, 2.24) is 59.8 Å². The lowest BCUT2D eigenvalue weighted by Gasteiger charge is -2.12. The topological polar surface area (TPSA) is 451 Å². The van der Waals surface area contributed by atoms with Crippen LogP contribution in [-0.4, -0.2) is 141 Å². The van der Waals surface area contributed by atoms with Gasteiger partial charge in [0.15, 0.2) is 79.7 Å². The molecule has 16 rings (SSSR count). The van der Waals surface area contributed by atoms with Crippen LogP contribution in [0.3, 0.4) is 0 Å². The minimum Gasteiger partial charge on any atom is -0.507 e. The number of hydrogen-bond acceptors (Lipinski definition) is 28. The molecule has 36 heteroatoms. The van der Waals surface area contributed by atoms with Gasteiger partial charge in [-0.1, -0.05) is 96.5 Å². The maximum absolute atomic E-state index is 13.0. The van der Waals surface area contributed by atoms with E-state index < -0.39 is 51.0 Å². The fourth-order valence-electron chi connectivity index (χ4n) is 12.2. The Kier molecular flexibility index (Phi) is 26.6. The van der Waals surface area contributed by atoms with Crippen molar-refractivity contribution in [2.75, 3.05) is 20.5 Å². The van der Waals surface area contributed by atoms with E-state index in [1.54, 1.807) is 164 Å². The number of carbonyl (C=O) groups excluding carboxylic acids is 2. The predicted molar refractivity (Wildman–Crippen MR) is 458 cm³/mol. The van der Waals surface area contributed by atoms with Crippen molar-refractivity contribution in [2.24, 2.45) is 0 Å². The van der Waals surface area contributed by atoms with Gasteiger partial charge in [-0.25, -0.2) is 77.8 Å². The number of nitriles is 2. The van der Waals surface area contributed by atoms with E-state index in [0.29, 0.717) is 89.5 Å². The molecule has 642 valence electrons. The van der Waals surface area contributed by atoms with Gasteiger partial charge in [-0.05, 0) is 182 Å². The Balaban J connectivity index is 0.000000147. The van der Waals surface area contributed by atoms with Crippen LogP contribution in [0.15, 0.2) is 272 Å². The highest BCUT2D eigenvalue weighted by Crippen LogP contribution is 2.42. The van der Waals surface area contributed by atoms with Crippen molar-refractivity contribution in [3.05, 3.63) is 305 Å². The van der Waals surface area contributed by atoms with E-state index in [0.717, 1.165) is 48.7 Å². The number of ether oxygens (including phenoxy) is 2. The number of halogens is 7. The summed E-state index contributed by atoms with van der Waals surface area (Å²) in [7, 11) is -0.932. The molecule has 28 nitrogen and oxygen atoms in total. The second-order valence-corrected chi connectivity index (χ2v) is 29.8. The molecule has 0 saturated heterocycles. The molecular formula is C93H61ClF6N14O14S. The molecule has 0 atom stereocenters. The number of sulfone groups is 1. The molecule has 0 aliphatic heterocycles. The third kappa shape index (κ3) is 21.2. The second kappa shape index (κ2) is 38.3. The van der Waals surface area contributed by atoms with Crippen molar-refractivity contribution < 1.29 is 94.7 Å². The van der Waals surface area contributed by atoms with Gasteiger partial charge >= 0.3 is 24.3 Å². The highest BCUT2D eigenvalue weighted by molar-refractivity contribution is 7.90. The van der Waals surface area contributed by atoms with Crippen LogP contribution in [0, 0.1) is 22.7 Å². The monoisotopic (exact) mass is 1780 g/mol. The van der Waals surface area contributed by atoms with Crippen molar-refractivity contribution in [1.29, 1.82) is 10.5 Å². The summed E-state index contributed by atoms with van der Waals surface area (Å²) in [6, 6.07) is 68.5. The van der Waals surface area contributed by atoms with Crippen LogP contribution in [0.2, 0.25) is 5.02 Å². The van der Waals surface area contributed by atoms with Gasteiger partial charge in [0, 0.05) is 33.5 Å². The van der Waals surface area contributed by atoms with Gasteiger partial charge in [-0.2, -0.15) is 36.9 Å². The maximum Gasteiger partial charge on any atom is 0.416 e. The number of rotatable bonds is 15. The van der Waals surface area contributed by atoms with Crippen molar-refractivity contribution in [3.63, 3.8) is 0 Å². The molecule has 8 N–H and O–H groups in total. The molecule has 12 aromatic carbocycles. The fourth-order valence-corrected chi connectivity index (χ4v) is 13.0. The predicted octanol–water partition coefficient (Wildman–Crippen LogP) is 18.5. The van der Waals surface area contributed by atoms with E-state index in [-0.39, 0.29) is 126 Å². The average molecular weight is 1780 g/mol. The van der Waals surface area contributed by atoms with Gasteiger partial charge in [-0.15, -0.1) is 0 Å². The summed E-state index contributed by atoms with van der Waals surface area (Å²) in [6.45, 7) is 0. The second-order valence-electron chi connectivity index (χ2n) is 27.4. The number of hydrogen-bond donors (Lipinski definition) is 8. The first-order chi connectivity index (χ1) is 61.6. The smallest absolute Gasteiger partial charge is 0.416 e. The van der Waals surface area contributed by atoms with Gasteiger partial charge in [0.05, 0.1) is 109 Å². The van der Waals surface area contributed by atoms with Gasteiger partial charge < -0.3 is 50.3 Å². The number of para-hydroxylation sites is 4. The molecular weight excluding hydrogens is 1720 g/mol. The highest BCUT2D eigenvalue weighted by atomic mass is 35.5. The zero-order valence-electron chi connectivity index (χ0n) is 66.7. The molecule has 0 aliphatic carbocycles. The Morgan fingerprint density at radius 2 is 0.566 bits per heavy atom. The summed E-state index contributed by atoms with van der Waals surface area (Å²) >= 11 is 5.95.